The Morgan fingerprint density at radius 2 is 1.77 bits per heavy atom. The van der Waals surface area contributed by atoms with Crippen molar-refractivity contribution in [2.24, 2.45) is 5.92 Å². The van der Waals surface area contributed by atoms with E-state index >= 15 is 0 Å². The van der Waals surface area contributed by atoms with Gasteiger partial charge < -0.3 is 4.90 Å². The molecule has 1 fully saturated rings. The van der Waals surface area contributed by atoms with E-state index in [2.05, 4.69) is 10.1 Å². The van der Waals surface area contributed by atoms with Gasteiger partial charge in [-0.3, -0.25) is 14.5 Å². The van der Waals surface area contributed by atoms with Crippen LogP contribution in [0.1, 0.15) is 5.56 Å². The van der Waals surface area contributed by atoms with Gasteiger partial charge in [0.15, 0.2) is 0 Å². The average molecular weight is 428 g/mol. The first-order chi connectivity index (χ1) is 14.0. The van der Waals surface area contributed by atoms with Gasteiger partial charge in [-0.05, 0) is 23.8 Å². The van der Waals surface area contributed by atoms with Gasteiger partial charge >= 0.3 is 12.4 Å². The molecule has 0 spiro atoms. The number of benzene rings is 1. The Morgan fingerprint density at radius 1 is 1.03 bits per heavy atom. The molecule has 3 aromatic rings. The second-order valence-electron chi connectivity index (χ2n) is 7.05. The molecular formula is C19H14F6N4O. The minimum atomic E-state index is -4.49. The number of likely N-dealkylation sites (tertiary alicyclic amines) is 1. The number of hydrogen-bond donors (Lipinski definition) is 0. The summed E-state index contributed by atoms with van der Waals surface area (Å²) in [5.74, 6) is -2.05. The number of hydrogen-bond acceptors (Lipinski definition) is 3. The van der Waals surface area contributed by atoms with Crippen LogP contribution in [0.2, 0.25) is 0 Å². The van der Waals surface area contributed by atoms with E-state index in [0.29, 0.717) is 16.6 Å². The molecule has 1 amide bonds. The monoisotopic (exact) mass is 428 g/mol. The predicted octanol–water partition coefficient (Wildman–Crippen LogP) is 4.14. The highest BCUT2D eigenvalue weighted by Crippen LogP contribution is 2.34. The summed E-state index contributed by atoms with van der Waals surface area (Å²) in [5.41, 5.74) is 0.681. The van der Waals surface area contributed by atoms with Gasteiger partial charge in [0.25, 0.3) is 0 Å². The Kier molecular flexibility index (Phi) is 4.70. The maximum absolute atomic E-state index is 13.0. The van der Waals surface area contributed by atoms with Crippen molar-refractivity contribution in [2.75, 3.05) is 13.1 Å². The summed E-state index contributed by atoms with van der Waals surface area (Å²) < 4.78 is 78.0. The van der Waals surface area contributed by atoms with Crippen molar-refractivity contribution < 1.29 is 31.1 Å². The van der Waals surface area contributed by atoms with Crippen molar-refractivity contribution in [3.05, 3.63) is 48.3 Å². The standard InChI is InChI=1S/C19H14F6N4O/c20-18(21,22)13-3-1-2-11(4-13)12-5-16-15(26-6-12)7-27-29(16)10-17(30)28-8-14(9-28)19(23,24)25/h1-7,14H,8-10H2. The Bertz CT molecular complexity index is 1100. The summed E-state index contributed by atoms with van der Waals surface area (Å²) in [6.07, 6.45) is -6.05. The predicted molar refractivity (Wildman–Crippen MR) is 94.1 cm³/mol. The van der Waals surface area contributed by atoms with Crippen LogP contribution >= 0.6 is 0 Å². The van der Waals surface area contributed by atoms with Crippen molar-refractivity contribution in [1.29, 1.82) is 0 Å². The minimum absolute atomic E-state index is 0.286. The summed E-state index contributed by atoms with van der Waals surface area (Å²) in [7, 11) is 0. The van der Waals surface area contributed by atoms with Crippen molar-refractivity contribution in [3.63, 3.8) is 0 Å². The molecule has 0 saturated carbocycles. The zero-order valence-electron chi connectivity index (χ0n) is 15.2. The number of amides is 1. The van der Waals surface area contributed by atoms with E-state index in [1.807, 2.05) is 0 Å². The molecule has 0 bridgehead atoms. The summed E-state index contributed by atoms with van der Waals surface area (Å²) in [5, 5.41) is 4.04. The summed E-state index contributed by atoms with van der Waals surface area (Å²) in [6, 6.07) is 6.28. The largest absolute Gasteiger partial charge is 0.416 e. The van der Waals surface area contributed by atoms with Crippen LogP contribution < -0.4 is 0 Å². The van der Waals surface area contributed by atoms with Gasteiger partial charge in [0.1, 0.15) is 12.1 Å². The number of aromatic nitrogens is 3. The molecule has 158 valence electrons. The molecule has 1 aromatic carbocycles. The molecule has 11 heteroatoms. The molecule has 5 nitrogen and oxygen atoms in total. The van der Waals surface area contributed by atoms with Gasteiger partial charge in [0, 0.05) is 24.8 Å². The molecule has 0 unspecified atom stereocenters. The number of alkyl halides is 6. The Balaban J connectivity index is 1.56. The van der Waals surface area contributed by atoms with E-state index in [1.165, 1.54) is 29.2 Å². The first-order valence-corrected chi connectivity index (χ1v) is 8.86. The number of carbonyl (C=O) groups excluding carboxylic acids is 1. The Labute approximate surface area is 165 Å². The van der Waals surface area contributed by atoms with Gasteiger partial charge in [-0.2, -0.15) is 31.4 Å². The number of nitrogens with zero attached hydrogens (tertiary/aromatic N) is 4. The van der Waals surface area contributed by atoms with Crippen LogP contribution in [-0.4, -0.2) is 44.8 Å². The van der Waals surface area contributed by atoms with Crippen LogP contribution in [0.4, 0.5) is 26.3 Å². The fraction of sp³-hybridized carbons (Fsp3) is 0.316. The molecule has 1 aliphatic rings. The highest BCUT2D eigenvalue weighted by atomic mass is 19.4. The lowest BCUT2D eigenvalue weighted by molar-refractivity contribution is -0.209. The zero-order chi connectivity index (χ0) is 21.7. The Hall–Kier alpha value is -3.11. The van der Waals surface area contributed by atoms with E-state index in [0.717, 1.165) is 17.0 Å². The molecule has 0 atom stereocenters. The Morgan fingerprint density at radius 3 is 2.43 bits per heavy atom. The van der Waals surface area contributed by atoms with Crippen LogP contribution in [-0.2, 0) is 17.5 Å². The second kappa shape index (κ2) is 6.99. The fourth-order valence-corrected chi connectivity index (χ4v) is 3.23. The first-order valence-electron chi connectivity index (χ1n) is 8.86. The maximum atomic E-state index is 13.0. The van der Waals surface area contributed by atoms with E-state index in [9.17, 15) is 31.1 Å². The molecule has 1 saturated heterocycles. The summed E-state index contributed by atoms with van der Waals surface area (Å²) in [6.45, 7) is -1.08. The van der Waals surface area contributed by atoms with Gasteiger partial charge in [0.05, 0.1) is 23.2 Å². The van der Waals surface area contributed by atoms with Crippen LogP contribution in [0.25, 0.3) is 22.2 Å². The third-order valence-corrected chi connectivity index (χ3v) is 5.00. The fourth-order valence-electron chi connectivity index (χ4n) is 3.23. The van der Waals surface area contributed by atoms with Crippen molar-refractivity contribution in [2.45, 2.75) is 18.9 Å². The first kappa shape index (κ1) is 20.2. The van der Waals surface area contributed by atoms with Gasteiger partial charge in [-0.15, -0.1) is 0 Å². The quantitative estimate of drug-likeness (QED) is 0.590. The molecular weight excluding hydrogens is 414 g/mol. The average Bonchev–Trinajstić information content (AvgIpc) is 3.00. The van der Waals surface area contributed by atoms with Crippen LogP contribution in [0.15, 0.2) is 42.7 Å². The number of pyridine rings is 1. The maximum Gasteiger partial charge on any atom is 0.416 e. The SMILES string of the molecule is O=C(Cn1ncc2ncc(-c3cccc(C(F)(F)F)c3)cc21)N1CC(C(F)(F)F)C1. The summed E-state index contributed by atoms with van der Waals surface area (Å²) in [4.78, 5) is 17.5. The van der Waals surface area contributed by atoms with Crippen LogP contribution in [0, 0.1) is 5.92 Å². The second-order valence-corrected chi connectivity index (χ2v) is 7.05. The molecule has 0 aliphatic carbocycles. The van der Waals surface area contributed by atoms with Gasteiger partial charge in [0.2, 0.25) is 5.91 Å². The van der Waals surface area contributed by atoms with E-state index in [4.69, 9.17) is 0 Å². The lowest BCUT2D eigenvalue weighted by Gasteiger charge is -2.40. The third kappa shape index (κ3) is 3.83. The molecule has 3 heterocycles. The molecule has 0 radical (unpaired) electrons. The smallest absolute Gasteiger partial charge is 0.340 e. The highest BCUT2D eigenvalue weighted by molar-refractivity contribution is 5.83. The molecule has 2 aromatic heterocycles. The van der Waals surface area contributed by atoms with Gasteiger partial charge in [-0.1, -0.05) is 12.1 Å². The number of fused-ring (bicyclic) bond motifs is 1. The van der Waals surface area contributed by atoms with E-state index in [1.54, 1.807) is 6.07 Å². The van der Waals surface area contributed by atoms with Crippen molar-refractivity contribution in [3.8, 4) is 11.1 Å². The molecule has 0 N–H and O–H groups in total. The van der Waals surface area contributed by atoms with Crippen molar-refractivity contribution in [1.82, 2.24) is 19.7 Å². The van der Waals surface area contributed by atoms with Crippen LogP contribution in [0.5, 0.6) is 0 Å². The molecule has 1 aliphatic heterocycles. The third-order valence-electron chi connectivity index (χ3n) is 5.00. The van der Waals surface area contributed by atoms with Crippen molar-refractivity contribution >= 4 is 16.9 Å². The molecule has 30 heavy (non-hydrogen) atoms. The van der Waals surface area contributed by atoms with E-state index < -0.39 is 42.8 Å². The highest BCUT2D eigenvalue weighted by Gasteiger charge is 2.48. The topological polar surface area (TPSA) is 51.0 Å². The number of rotatable bonds is 3. The lowest BCUT2D eigenvalue weighted by atomic mass is 10.00. The van der Waals surface area contributed by atoms with E-state index in [-0.39, 0.29) is 12.1 Å². The van der Waals surface area contributed by atoms with Gasteiger partial charge in [-0.25, -0.2) is 0 Å². The van der Waals surface area contributed by atoms with Crippen LogP contribution in [0.3, 0.4) is 0 Å². The molecule has 4 rings (SSSR count). The number of halogens is 6. The summed E-state index contributed by atoms with van der Waals surface area (Å²) >= 11 is 0. The lowest BCUT2D eigenvalue weighted by Crippen LogP contribution is -2.56. The zero-order valence-corrected chi connectivity index (χ0v) is 15.2. The minimum Gasteiger partial charge on any atom is -0.340 e. The number of carbonyl (C=O) groups is 1. The normalized spacial score (nSPS) is 15.5.